The number of benzene rings is 2. The van der Waals surface area contributed by atoms with Crippen LogP contribution in [0.5, 0.6) is 0 Å². The number of quaternary nitrogens is 1. The quantitative estimate of drug-likeness (QED) is 0.683. The van der Waals surface area contributed by atoms with Gasteiger partial charge in [-0.2, -0.15) is 0 Å². The molecule has 0 aromatic heterocycles. The van der Waals surface area contributed by atoms with Crippen LogP contribution in [0.3, 0.4) is 0 Å². The molecule has 0 aliphatic heterocycles. The van der Waals surface area contributed by atoms with Gasteiger partial charge in [-0.25, -0.2) is 0 Å². The summed E-state index contributed by atoms with van der Waals surface area (Å²) in [4.78, 5) is 25.4. The smallest absolute Gasteiger partial charge is 0.275 e. The molecule has 27 heavy (non-hydrogen) atoms. The lowest BCUT2D eigenvalue weighted by molar-refractivity contribution is -0.885. The Morgan fingerprint density at radius 2 is 1.85 bits per heavy atom. The van der Waals surface area contributed by atoms with Crippen LogP contribution < -0.4 is 15.5 Å². The summed E-state index contributed by atoms with van der Waals surface area (Å²) in [5.41, 5.74) is 3.32. The van der Waals surface area contributed by atoms with Crippen LogP contribution in [0, 0.1) is 6.92 Å². The molecule has 0 bridgehead atoms. The maximum atomic E-state index is 12.4. The van der Waals surface area contributed by atoms with Crippen molar-refractivity contribution in [3.8, 4) is 0 Å². The van der Waals surface area contributed by atoms with E-state index in [4.69, 9.17) is 11.6 Å². The van der Waals surface area contributed by atoms with Gasteiger partial charge in [0.05, 0.1) is 7.05 Å². The van der Waals surface area contributed by atoms with Gasteiger partial charge < -0.3 is 15.5 Å². The van der Waals surface area contributed by atoms with Crippen LogP contribution in [0.15, 0.2) is 42.5 Å². The van der Waals surface area contributed by atoms with Gasteiger partial charge >= 0.3 is 0 Å². The first-order chi connectivity index (χ1) is 12.9. The summed E-state index contributed by atoms with van der Waals surface area (Å²) in [5, 5.41) is 6.56. The molecule has 3 rings (SSSR count). The standard InChI is InChI=1S/C21H24ClN3O2/c1-14-11-18(9-10-19(14)22)24-21(27)16-5-3-15(4-6-16)12-25(2)13-20(26)23-17-7-8-17/h3-6,9-11,17H,7-8,12-13H2,1-2H3,(H,23,26)(H,24,27)/p+1. The van der Waals surface area contributed by atoms with Crippen LogP contribution >= 0.6 is 11.6 Å². The molecule has 1 atom stereocenters. The summed E-state index contributed by atoms with van der Waals surface area (Å²) in [5.74, 6) is -0.0583. The lowest BCUT2D eigenvalue weighted by atomic mass is 10.1. The lowest BCUT2D eigenvalue weighted by Crippen LogP contribution is -3.08. The van der Waals surface area contributed by atoms with Gasteiger partial charge in [-0.3, -0.25) is 9.59 Å². The predicted octanol–water partition coefficient (Wildman–Crippen LogP) is 2.19. The van der Waals surface area contributed by atoms with Crippen molar-refractivity contribution in [3.05, 3.63) is 64.2 Å². The second-order valence-corrected chi connectivity index (χ2v) is 7.67. The molecular weight excluding hydrogens is 362 g/mol. The highest BCUT2D eigenvalue weighted by Crippen LogP contribution is 2.20. The summed E-state index contributed by atoms with van der Waals surface area (Å²) in [6.07, 6.45) is 2.20. The maximum Gasteiger partial charge on any atom is 0.275 e. The van der Waals surface area contributed by atoms with Gasteiger partial charge in [0.25, 0.3) is 11.8 Å². The van der Waals surface area contributed by atoms with Crippen molar-refractivity contribution in [2.24, 2.45) is 0 Å². The molecule has 1 fully saturated rings. The van der Waals surface area contributed by atoms with E-state index in [-0.39, 0.29) is 11.8 Å². The van der Waals surface area contributed by atoms with Crippen LogP contribution in [-0.2, 0) is 11.3 Å². The first-order valence-electron chi connectivity index (χ1n) is 9.18. The van der Waals surface area contributed by atoms with Gasteiger partial charge in [0.15, 0.2) is 6.54 Å². The van der Waals surface area contributed by atoms with E-state index in [0.717, 1.165) is 41.1 Å². The number of nitrogens with one attached hydrogen (secondary N) is 3. The largest absolute Gasteiger partial charge is 0.348 e. The Labute approximate surface area is 164 Å². The molecule has 0 heterocycles. The van der Waals surface area contributed by atoms with Crippen LogP contribution in [0.25, 0.3) is 0 Å². The highest BCUT2D eigenvalue weighted by Gasteiger charge is 2.24. The van der Waals surface area contributed by atoms with Gasteiger partial charge in [-0.1, -0.05) is 23.7 Å². The predicted molar refractivity (Wildman–Crippen MR) is 107 cm³/mol. The maximum absolute atomic E-state index is 12.4. The van der Waals surface area contributed by atoms with Gasteiger partial charge in [-0.05, 0) is 55.7 Å². The number of aryl methyl sites for hydroxylation is 1. The average molecular weight is 387 g/mol. The fraction of sp³-hybridized carbons (Fsp3) is 0.333. The Morgan fingerprint density at radius 1 is 1.15 bits per heavy atom. The van der Waals surface area contributed by atoms with E-state index in [2.05, 4.69) is 10.6 Å². The Balaban J connectivity index is 1.53. The van der Waals surface area contributed by atoms with Gasteiger partial charge in [0.1, 0.15) is 6.54 Å². The van der Waals surface area contributed by atoms with Crippen LogP contribution in [0.2, 0.25) is 5.02 Å². The molecule has 2 aromatic rings. The highest BCUT2D eigenvalue weighted by atomic mass is 35.5. The number of carbonyl (C=O) groups excluding carboxylic acids is 2. The Morgan fingerprint density at radius 3 is 2.48 bits per heavy atom. The third-order valence-corrected chi connectivity index (χ3v) is 4.97. The summed E-state index contributed by atoms with van der Waals surface area (Å²) in [6, 6.07) is 13.3. The summed E-state index contributed by atoms with van der Waals surface area (Å²) in [6.45, 7) is 3.08. The minimum Gasteiger partial charge on any atom is -0.348 e. The molecule has 5 nitrogen and oxygen atoms in total. The molecular formula is C21H25ClN3O2+. The number of anilines is 1. The van der Waals surface area contributed by atoms with E-state index in [1.54, 1.807) is 12.1 Å². The Kier molecular flexibility index (Phi) is 6.14. The molecule has 0 spiro atoms. The third-order valence-electron chi connectivity index (χ3n) is 4.54. The Hall–Kier alpha value is -2.37. The summed E-state index contributed by atoms with van der Waals surface area (Å²) >= 11 is 6.01. The Bertz CT molecular complexity index is 832. The number of carbonyl (C=O) groups is 2. The summed E-state index contributed by atoms with van der Waals surface area (Å²) < 4.78 is 0. The van der Waals surface area contributed by atoms with E-state index in [1.807, 2.05) is 44.3 Å². The van der Waals surface area contributed by atoms with E-state index in [0.29, 0.717) is 23.2 Å². The molecule has 6 heteroatoms. The number of halogens is 1. The van der Waals surface area contributed by atoms with E-state index in [9.17, 15) is 9.59 Å². The number of hydrogen-bond donors (Lipinski definition) is 3. The van der Waals surface area contributed by atoms with Crippen molar-refractivity contribution in [1.82, 2.24) is 5.32 Å². The topological polar surface area (TPSA) is 62.6 Å². The van der Waals surface area contributed by atoms with Gasteiger partial charge in [0.2, 0.25) is 0 Å². The number of rotatable bonds is 7. The van der Waals surface area contributed by atoms with Crippen molar-refractivity contribution in [2.45, 2.75) is 32.4 Å². The normalized spacial score (nSPS) is 14.5. The zero-order chi connectivity index (χ0) is 19.4. The highest BCUT2D eigenvalue weighted by molar-refractivity contribution is 6.31. The van der Waals surface area contributed by atoms with E-state index in [1.165, 1.54) is 0 Å². The van der Waals surface area contributed by atoms with Crippen LogP contribution in [-0.4, -0.2) is 31.4 Å². The third kappa shape index (κ3) is 5.81. The number of hydrogen-bond acceptors (Lipinski definition) is 2. The molecule has 1 aliphatic carbocycles. The fourth-order valence-electron chi connectivity index (χ4n) is 2.89. The molecule has 0 saturated heterocycles. The minimum atomic E-state index is -0.159. The molecule has 142 valence electrons. The summed E-state index contributed by atoms with van der Waals surface area (Å²) in [7, 11) is 2.00. The van der Waals surface area contributed by atoms with Crippen molar-refractivity contribution >= 4 is 29.1 Å². The van der Waals surface area contributed by atoms with Gasteiger partial charge in [-0.15, -0.1) is 0 Å². The number of likely N-dealkylation sites (N-methyl/N-ethyl adjacent to an activating group) is 1. The molecule has 0 radical (unpaired) electrons. The zero-order valence-corrected chi connectivity index (χ0v) is 16.4. The van der Waals surface area contributed by atoms with Crippen molar-refractivity contribution < 1.29 is 14.5 Å². The van der Waals surface area contributed by atoms with Gasteiger partial charge in [0, 0.05) is 27.9 Å². The molecule has 1 unspecified atom stereocenters. The van der Waals surface area contributed by atoms with Crippen molar-refractivity contribution in [1.29, 1.82) is 0 Å². The van der Waals surface area contributed by atoms with Crippen molar-refractivity contribution in [3.63, 3.8) is 0 Å². The van der Waals surface area contributed by atoms with E-state index < -0.39 is 0 Å². The van der Waals surface area contributed by atoms with Crippen molar-refractivity contribution in [2.75, 3.05) is 18.9 Å². The van der Waals surface area contributed by atoms with E-state index >= 15 is 0 Å². The monoisotopic (exact) mass is 386 g/mol. The zero-order valence-electron chi connectivity index (χ0n) is 15.6. The second-order valence-electron chi connectivity index (χ2n) is 7.27. The first-order valence-corrected chi connectivity index (χ1v) is 9.55. The molecule has 3 N–H and O–H groups in total. The average Bonchev–Trinajstić information content (AvgIpc) is 3.42. The number of amides is 2. The SMILES string of the molecule is Cc1cc(NC(=O)c2ccc(C[NH+](C)CC(=O)NC3CC3)cc2)ccc1Cl. The minimum absolute atomic E-state index is 0.101. The molecule has 1 saturated carbocycles. The van der Waals surface area contributed by atoms with Crippen LogP contribution in [0.1, 0.15) is 34.3 Å². The first kappa shape index (κ1) is 19.4. The molecule has 2 aromatic carbocycles. The fourth-order valence-corrected chi connectivity index (χ4v) is 3.01. The molecule has 2 amide bonds. The second kappa shape index (κ2) is 8.55. The lowest BCUT2D eigenvalue weighted by Gasteiger charge is -2.14. The van der Waals surface area contributed by atoms with Crippen LogP contribution in [0.4, 0.5) is 5.69 Å². The molecule has 1 aliphatic rings.